The van der Waals surface area contributed by atoms with Gasteiger partial charge in [-0.3, -0.25) is 4.79 Å². The molecular weight excluding hydrogens is 274 g/mol. The quantitative estimate of drug-likeness (QED) is 0.861. The van der Waals surface area contributed by atoms with Crippen LogP contribution in [0.3, 0.4) is 0 Å². The number of hydrogen-bond acceptors (Lipinski definition) is 3. The summed E-state index contributed by atoms with van der Waals surface area (Å²) in [4.78, 5) is 22.3. The number of rotatable bonds is 3. The topological polar surface area (TPSA) is 69.4 Å². The van der Waals surface area contributed by atoms with Gasteiger partial charge in [0, 0.05) is 4.47 Å². The van der Waals surface area contributed by atoms with E-state index in [0.717, 1.165) is 10.0 Å². The van der Waals surface area contributed by atoms with Crippen molar-refractivity contribution >= 4 is 27.8 Å². The Hall–Kier alpha value is -1.36. The Morgan fingerprint density at radius 3 is 2.50 bits per heavy atom. The maximum absolute atomic E-state index is 11.6. The lowest BCUT2D eigenvalue weighted by atomic mass is 10.1. The summed E-state index contributed by atoms with van der Waals surface area (Å²) in [7, 11) is 0. The molecule has 0 fully saturated rings. The Morgan fingerprint density at radius 1 is 1.38 bits per heavy atom. The van der Waals surface area contributed by atoms with Crippen LogP contribution in [0.4, 0.5) is 0 Å². The molecular formula is C11H12BrNO3. The molecule has 16 heavy (non-hydrogen) atoms. The van der Waals surface area contributed by atoms with Gasteiger partial charge in [-0.25, -0.2) is 4.79 Å². The second-order valence-electron chi connectivity index (χ2n) is 3.47. The fourth-order valence-electron chi connectivity index (χ4n) is 1.14. The predicted molar refractivity (Wildman–Crippen MR) is 63.0 cm³/mol. The Morgan fingerprint density at radius 2 is 2.00 bits per heavy atom. The molecule has 5 heteroatoms. The molecule has 1 aromatic carbocycles. The molecule has 1 amide bonds. The van der Waals surface area contributed by atoms with Gasteiger partial charge < -0.3 is 10.5 Å². The van der Waals surface area contributed by atoms with Crippen LogP contribution in [0, 0.1) is 6.92 Å². The number of hydrogen-bond donors (Lipinski definition) is 1. The number of amides is 1. The SMILES string of the molecule is Cc1cc(Br)cc(C(=O)O[C@H](C)C(N)=O)c1. The third-order valence-electron chi connectivity index (χ3n) is 1.96. The largest absolute Gasteiger partial charge is 0.449 e. The fourth-order valence-corrected chi connectivity index (χ4v) is 1.75. The Labute approximate surface area is 102 Å². The normalized spacial score (nSPS) is 11.9. The van der Waals surface area contributed by atoms with Crippen molar-refractivity contribution in [1.29, 1.82) is 0 Å². The molecule has 0 saturated heterocycles. The van der Waals surface area contributed by atoms with Gasteiger partial charge in [-0.2, -0.15) is 0 Å². The summed E-state index contributed by atoms with van der Waals surface area (Å²) in [5, 5.41) is 0. The van der Waals surface area contributed by atoms with Crippen LogP contribution in [0.25, 0.3) is 0 Å². The van der Waals surface area contributed by atoms with E-state index in [4.69, 9.17) is 10.5 Å². The van der Waals surface area contributed by atoms with E-state index in [-0.39, 0.29) is 0 Å². The number of nitrogens with two attached hydrogens (primary N) is 1. The maximum Gasteiger partial charge on any atom is 0.338 e. The lowest BCUT2D eigenvalue weighted by Gasteiger charge is -2.10. The minimum absolute atomic E-state index is 0.389. The zero-order valence-electron chi connectivity index (χ0n) is 8.99. The van der Waals surface area contributed by atoms with Crippen molar-refractivity contribution in [2.24, 2.45) is 5.73 Å². The van der Waals surface area contributed by atoms with Gasteiger partial charge in [0.15, 0.2) is 6.10 Å². The number of carbonyl (C=O) groups excluding carboxylic acids is 2. The van der Waals surface area contributed by atoms with Crippen LogP contribution < -0.4 is 5.73 Å². The number of primary amides is 1. The Bertz CT molecular complexity index is 411. The van der Waals surface area contributed by atoms with Crippen molar-refractivity contribution in [1.82, 2.24) is 0 Å². The summed E-state index contributed by atoms with van der Waals surface area (Å²) in [6.45, 7) is 3.30. The van der Waals surface area contributed by atoms with E-state index < -0.39 is 18.0 Å². The van der Waals surface area contributed by atoms with Crippen LogP contribution in [0.1, 0.15) is 22.8 Å². The molecule has 1 atom stereocenters. The molecule has 0 unspecified atom stereocenters. The van der Waals surface area contributed by atoms with E-state index >= 15 is 0 Å². The van der Waals surface area contributed by atoms with Crippen LogP contribution in [0.2, 0.25) is 0 Å². The standard InChI is InChI=1S/C11H12BrNO3/c1-6-3-8(5-9(12)4-6)11(15)16-7(2)10(13)14/h3-5,7H,1-2H3,(H2,13,14)/t7-/m1/s1. The molecule has 0 bridgehead atoms. The second-order valence-corrected chi connectivity index (χ2v) is 4.38. The Kier molecular flexibility index (Phi) is 4.06. The van der Waals surface area contributed by atoms with Crippen LogP contribution in [0.5, 0.6) is 0 Å². The number of benzene rings is 1. The van der Waals surface area contributed by atoms with Crippen molar-refractivity contribution in [3.05, 3.63) is 33.8 Å². The van der Waals surface area contributed by atoms with Crippen LogP contribution in [-0.2, 0) is 9.53 Å². The van der Waals surface area contributed by atoms with E-state index in [1.54, 1.807) is 12.1 Å². The first-order chi connectivity index (χ1) is 7.40. The molecule has 0 heterocycles. The van der Waals surface area contributed by atoms with Crippen molar-refractivity contribution in [2.75, 3.05) is 0 Å². The lowest BCUT2D eigenvalue weighted by Crippen LogP contribution is -2.30. The molecule has 0 aliphatic rings. The summed E-state index contributed by atoms with van der Waals surface area (Å²) in [6, 6.07) is 5.18. The molecule has 4 nitrogen and oxygen atoms in total. The minimum Gasteiger partial charge on any atom is -0.449 e. The van der Waals surface area contributed by atoms with Crippen molar-refractivity contribution in [2.45, 2.75) is 20.0 Å². The van der Waals surface area contributed by atoms with E-state index in [1.807, 2.05) is 13.0 Å². The highest BCUT2D eigenvalue weighted by atomic mass is 79.9. The highest BCUT2D eigenvalue weighted by Gasteiger charge is 2.16. The van der Waals surface area contributed by atoms with Gasteiger partial charge >= 0.3 is 5.97 Å². The first kappa shape index (κ1) is 12.7. The summed E-state index contributed by atoms with van der Waals surface area (Å²) >= 11 is 3.28. The molecule has 1 rings (SSSR count). The van der Waals surface area contributed by atoms with E-state index in [0.29, 0.717) is 5.56 Å². The predicted octanol–water partition coefficient (Wildman–Crippen LogP) is 1.79. The molecule has 0 radical (unpaired) electrons. The highest BCUT2D eigenvalue weighted by Crippen LogP contribution is 2.16. The molecule has 2 N–H and O–H groups in total. The third kappa shape index (κ3) is 3.34. The zero-order valence-corrected chi connectivity index (χ0v) is 10.6. The zero-order chi connectivity index (χ0) is 12.3. The summed E-state index contributed by atoms with van der Waals surface area (Å²) in [6.07, 6.45) is -0.924. The third-order valence-corrected chi connectivity index (χ3v) is 2.42. The lowest BCUT2D eigenvalue weighted by molar-refractivity contribution is -0.125. The van der Waals surface area contributed by atoms with Crippen LogP contribution in [0.15, 0.2) is 22.7 Å². The molecule has 0 aromatic heterocycles. The number of ether oxygens (including phenoxy) is 1. The summed E-state index contributed by atoms with van der Waals surface area (Å²) < 4.78 is 5.66. The van der Waals surface area contributed by atoms with Crippen molar-refractivity contribution in [3.8, 4) is 0 Å². The minimum atomic E-state index is -0.924. The molecule has 0 aliphatic carbocycles. The average Bonchev–Trinajstić information content (AvgIpc) is 2.15. The number of halogens is 1. The summed E-state index contributed by atoms with van der Waals surface area (Å²) in [5.41, 5.74) is 6.31. The molecule has 0 saturated carbocycles. The van der Waals surface area contributed by atoms with Gasteiger partial charge in [0.05, 0.1) is 5.56 Å². The highest BCUT2D eigenvalue weighted by molar-refractivity contribution is 9.10. The van der Waals surface area contributed by atoms with Crippen LogP contribution >= 0.6 is 15.9 Å². The molecule has 1 aromatic rings. The number of carbonyl (C=O) groups is 2. The first-order valence-electron chi connectivity index (χ1n) is 4.67. The summed E-state index contributed by atoms with van der Waals surface area (Å²) in [5.74, 6) is -1.23. The molecule has 0 spiro atoms. The van der Waals surface area contributed by atoms with Gasteiger partial charge in [-0.15, -0.1) is 0 Å². The van der Waals surface area contributed by atoms with E-state index in [2.05, 4.69) is 15.9 Å². The van der Waals surface area contributed by atoms with E-state index in [9.17, 15) is 9.59 Å². The number of aryl methyl sites for hydroxylation is 1. The van der Waals surface area contributed by atoms with Crippen molar-refractivity contribution < 1.29 is 14.3 Å². The van der Waals surface area contributed by atoms with Gasteiger partial charge in [0.25, 0.3) is 5.91 Å². The number of esters is 1. The fraction of sp³-hybridized carbons (Fsp3) is 0.273. The monoisotopic (exact) mass is 285 g/mol. The smallest absolute Gasteiger partial charge is 0.338 e. The second kappa shape index (κ2) is 5.12. The maximum atomic E-state index is 11.6. The van der Waals surface area contributed by atoms with Gasteiger partial charge in [0.2, 0.25) is 0 Å². The molecule has 0 aliphatic heterocycles. The van der Waals surface area contributed by atoms with Gasteiger partial charge in [-0.1, -0.05) is 15.9 Å². The van der Waals surface area contributed by atoms with Gasteiger partial charge in [-0.05, 0) is 37.6 Å². The van der Waals surface area contributed by atoms with E-state index in [1.165, 1.54) is 6.92 Å². The first-order valence-corrected chi connectivity index (χ1v) is 5.47. The van der Waals surface area contributed by atoms with Crippen molar-refractivity contribution in [3.63, 3.8) is 0 Å². The average molecular weight is 286 g/mol. The Balaban J connectivity index is 2.84. The molecule has 86 valence electrons. The van der Waals surface area contributed by atoms with Crippen LogP contribution in [-0.4, -0.2) is 18.0 Å². The van der Waals surface area contributed by atoms with Gasteiger partial charge in [0.1, 0.15) is 0 Å².